The molecule has 0 unspecified atom stereocenters. The van der Waals surface area contributed by atoms with Crippen LogP contribution in [0.1, 0.15) is 69.4 Å². The molecule has 0 spiro atoms. The van der Waals surface area contributed by atoms with Crippen LogP contribution in [0.2, 0.25) is 0 Å². The van der Waals surface area contributed by atoms with Crippen molar-refractivity contribution in [2.24, 2.45) is 4.99 Å². The summed E-state index contributed by atoms with van der Waals surface area (Å²) in [6.07, 6.45) is 1.66. The number of hydrogen-bond donors (Lipinski definition) is 1. The standard InChI is InChI=1S/C30H35NO3/c1-28(2,3)24-18-21(26(34-7)25(19-24)29(4,5)6)20-31-30(27(32)33,22-14-10-8-11-15-22)23-16-12-9-13-17-23/h8-20H,1-7H3,(H,32,33)/b31-20+. The highest BCUT2D eigenvalue weighted by Gasteiger charge is 2.42. The maximum absolute atomic E-state index is 12.9. The molecule has 0 bridgehead atoms. The van der Waals surface area contributed by atoms with Crippen LogP contribution in [0.3, 0.4) is 0 Å². The lowest BCUT2D eigenvalue weighted by Gasteiger charge is -2.29. The van der Waals surface area contributed by atoms with Gasteiger partial charge in [-0.2, -0.15) is 0 Å². The number of benzene rings is 3. The molecule has 178 valence electrons. The fourth-order valence-corrected chi connectivity index (χ4v) is 4.11. The van der Waals surface area contributed by atoms with Gasteiger partial charge < -0.3 is 9.84 Å². The van der Waals surface area contributed by atoms with Gasteiger partial charge in [0.15, 0.2) is 0 Å². The van der Waals surface area contributed by atoms with Crippen molar-refractivity contribution >= 4 is 12.2 Å². The minimum atomic E-state index is -1.59. The first-order chi connectivity index (χ1) is 15.9. The molecule has 0 radical (unpaired) electrons. The van der Waals surface area contributed by atoms with Crippen LogP contribution in [-0.2, 0) is 21.2 Å². The summed E-state index contributed by atoms with van der Waals surface area (Å²) in [6.45, 7) is 12.9. The number of rotatable bonds is 6. The van der Waals surface area contributed by atoms with Gasteiger partial charge in [0.2, 0.25) is 5.54 Å². The molecule has 0 aliphatic rings. The van der Waals surface area contributed by atoms with Crippen molar-refractivity contribution in [1.29, 1.82) is 0 Å². The van der Waals surface area contributed by atoms with Crippen molar-refractivity contribution < 1.29 is 14.6 Å². The Morgan fingerprint density at radius 3 is 1.68 bits per heavy atom. The summed E-state index contributed by atoms with van der Waals surface area (Å²) < 4.78 is 5.87. The van der Waals surface area contributed by atoms with Crippen LogP contribution < -0.4 is 4.74 Å². The molecule has 34 heavy (non-hydrogen) atoms. The predicted octanol–water partition coefficient (Wildman–Crippen LogP) is 6.74. The number of carboxylic acid groups (broad SMARTS) is 1. The molecule has 0 aliphatic carbocycles. The molecule has 0 heterocycles. The smallest absolute Gasteiger partial charge is 0.340 e. The number of nitrogens with zero attached hydrogens (tertiary/aromatic N) is 1. The Labute approximate surface area is 203 Å². The second-order valence-electron chi connectivity index (χ2n) is 10.7. The molecular weight excluding hydrogens is 422 g/mol. The molecule has 1 N–H and O–H groups in total. The third-order valence-corrected chi connectivity index (χ3v) is 6.09. The summed E-state index contributed by atoms with van der Waals surface area (Å²) in [7, 11) is 1.65. The Hall–Kier alpha value is -3.40. The largest absolute Gasteiger partial charge is 0.496 e. The van der Waals surface area contributed by atoms with E-state index >= 15 is 0 Å². The van der Waals surface area contributed by atoms with E-state index in [1.165, 1.54) is 0 Å². The van der Waals surface area contributed by atoms with Gasteiger partial charge in [0, 0.05) is 17.3 Å². The maximum Gasteiger partial charge on any atom is 0.340 e. The molecule has 0 aromatic heterocycles. The maximum atomic E-state index is 12.9. The van der Waals surface area contributed by atoms with Crippen molar-refractivity contribution in [3.8, 4) is 5.75 Å². The molecule has 4 heteroatoms. The van der Waals surface area contributed by atoms with E-state index in [0.717, 1.165) is 16.7 Å². The Balaban J connectivity index is 2.33. The van der Waals surface area contributed by atoms with Gasteiger partial charge in [0.25, 0.3) is 0 Å². The number of hydrogen-bond acceptors (Lipinski definition) is 3. The molecule has 0 atom stereocenters. The molecule has 4 nitrogen and oxygen atoms in total. The van der Waals surface area contributed by atoms with Gasteiger partial charge >= 0.3 is 5.97 Å². The van der Waals surface area contributed by atoms with Crippen LogP contribution in [-0.4, -0.2) is 24.4 Å². The quantitative estimate of drug-likeness (QED) is 0.417. The lowest BCUT2D eigenvalue weighted by molar-refractivity contribution is -0.141. The van der Waals surface area contributed by atoms with Gasteiger partial charge in [-0.15, -0.1) is 0 Å². The van der Waals surface area contributed by atoms with Crippen LogP contribution in [0.15, 0.2) is 77.8 Å². The Bertz CT molecular complexity index is 1130. The summed E-state index contributed by atoms with van der Waals surface area (Å²) in [5.41, 5.74) is 2.28. The third kappa shape index (κ3) is 4.91. The summed E-state index contributed by atoms with van der Waals surface area (Å²) in [4.78, 5) is 17.7. The van der Waals surface area contributed by atoms with E-state index in [4.69, 9.17) is 9.73 Å². The second kappa shape index (κ2) is 9.46. The Morgan fingerprint density at radius 2 is 1.29 bits per heavy atom. The lowest BCUT2D eigenvalue weighted by atomic mass is 9.79. The number of aliphatic carboxylic acids is 1. The third-order valence-electron chi connectivity index (χ3n) is 6.09. The first-order valence-corrected chi connectivity index (χ1v) is 11.5. The number of ether oxygens (including phenoxy) is 1. The zero-order valence-electron chi connectivity index (χ0n) is 21.2. The van der Waals surface area contributed by atoms with E-state index < -0.39 is 11.5 Å². The fourth-order valence-electron chi connectivity index (χ4n) is 4.11. The number of carboxylic acids is 1. The molecule has 0 aliphatic heterocycles. The Kier molecular flexibility index (Phi) is 7.02. The van der Waals surface area contributed by atoms with Gasteiger partial charge in [0.05, 0.1) is 7.11 Å². The monoisotopic (exact) mass is 457 g/mol. The topological polar surface area (TPSA) is 58.9 Å². The molecule has 0 saturated carbocycles. The summed E-state index contributed by atoms with van der Waals surface area (Å²) >= 11 is 0. The van der Waals surface area contributed by atoms with Crippen molar-refractivity contribution in [2.75, 3.05) is 7.11 Å². The van der Waals surface area contributed by atoms with Gasteiger partial charge in [0.1, 0.15) is 5.75 Å². The van der Waals surface area contributed by atoms with E-state index in [1.807, 2.05) is 60.7 Å². The van der Waals surface area contributed by atoms with E-state index in [2.05, 4.69) is 53.7 Å². The van der Waals surface area contributed by atoms with Crippen LogP contribution in [0.4, 0.5) is 0 Å². The first kappa shape index (κ1) is 25.2. The molecule has 3 aromatic rings. The zero-order chi connectivity index (χ0) is 25.1. The van der Waals surface area contributed by atoms with Crippen LogP contribution in [0.25, 0.3) is 0 Å². The molecule has 3 aromatic carbocycles. The van der Waals surface area contributed by atoms with Crippen molar-refractivity contribution in [2.45, 2.75) is 57.9 Å². The van der Waals surface area contributed by atoms with Gasteiger partial charge in [-0.3, -0.25) is 4.99 Å². The normalized spacial score (nSPS) is 12.7. The summed E-state index contributed by atoms with van der Waals surface area (Å²) in [6, 6.07) is 22.6. The van der Waals surface area contributed by atoms with Crippen LogP contribution in [0, 0.1) is 0 Å². The van der Waals surface area contributed by atoms with E-state index in [-0.39, 0.29) is 10.8 Å². The highest BCUT2D eigenvalue weighted by atomic mass is 16.5. The Morgan fingerprint density at radius 1 is 0.794 bits per heavy atom. The number of carbonyl (C=O) groups is 1. The molecule has 0 saturated heterocycles. The van der Waals surface area contributed by atoms with Gasteiger partial charge in [-0.25, -0.2) is 4.79 Å². The highest BCUT2D eigenvalue weighted by molar-refractivity contribution is 5.92. The molecule has 0 fully saturated rings. The van der Waals surface area contributed by atoms with Gasteiger partial charge in [-0.05, 0) is 33.6 Å². The first-order valence-electron chi connectivity index (χ1n) is 11.5. The van der Waals surface area contributed by atoms with E-state index in [9.17, 15) is 9.90 Å². The minimum Gasteiger partial charge on any atom is -0.496 e. The van der Waals surface area contributed by atoms with Crippen molar-refractivity contribution in [3.05, 3.63) is 101 Å². The fraction of sp³-hybridized carbons (Fsp3) is 0.333. The average Bonchev–Trinajstić information content (AvgIpc) is 2.79. The number of methoxy groups -OCH3 is 1. The zero-order valence-corrected chi connectivity index (χ0v) is 21.2. The summed E-state index contributed by atoms with van der Waals surface area (Å²) in [5, 5.41) is 10.6. The second-order valence-corrected chi connectivity index (χ2v) is 10.7. The van der Waals surface area contributed by atoms with E-state index in [0.29, 0.717) is 16.9 Å². The number of aliphatic imine (C=N–C) groups is 1. The molecule has 3 rings (SSSR count). The lowest BCUT2D eigenvalue weighted by Crippen LogP contribution is -2.35. The van der Waals surface area contributed by atoms with Crippen LogP contribution >= 0.6 is 0 Å². The van der Waals surface area contributed by atoms with E-state index in [1.54, 1.807) is 13.3 Å². The SMILES string of the molecule is COc1c(/C=N/C(C(=O)O)(c2ccccc2)c2ccccc2)cc(C(C)(C)C)cc1C(C)(C)C. The minimum absolute atomic E-state index is 0.0996. The predicted molar refractivity (Wildman–Crippen MR) is 139 cm³/mol. The van der Waals surface area contributed by atoms with Crippen molar-refractivity contribution in [1.82, 2.24) is 0 Å². The average molecular weight is 458 g/mol. The van der Waals surface area contributed by atoms with Crippen molar-refractivity contribution in [3.63, 3.8) is 0 Å². The molecule has 0 amide bonds. The van der Waals surface area contributed by atoms with Crippen LogP contribution in [0.5, 0.6) is 5.75 Å². The highest BCUT2D eigenvalue weighted by Crippen LogP contribution is 2.39. The van der Waals surface area contributed by atoms with Gasteiger partial charge in [-0.1, -0.05) is 108 Å². The summed E-state index contributed by atoms with van der Waals surface area (Å²) in [5.74, 6) is -0.326. The molecular formula is C30H35NO3.